The Morgan fingerprint density at radius 1 is 1.38 bits per heavy atom. The van der Waals surface area contributed by atoms with Gasteiger partial charge >= 0.3 is 5.92 Å². The van der Waals surface area contributed by atoms with Crippen LogP contribution < -0.4 is 10.6 Å². The first-order valence-corrected chi connectivity index (χ1v) is 9.93. The van der Waals surface area contributed by atoms with E-state index in [1.165, 1.54) is 24.0 Å². The zero-order chi connectivity index (χ0) is 23.5. The Hall–Kier alpha value is -3.69. The number of halogens is 2. The van der Waals surface area contributed by atoms with Gasteiger partial charge in [0, 0.05) is 31.3 Å². The largest absolute Gasteiger partial charge is 0.365 e. The zero-order valence-electron chi connectivity index (χ0n) is 17.4. The molecular weight excluding hydrogens is 422 g/mol. The predicted molar refractivity (Wildman–Crippen MR) is 112 cm³/mol. The van der Waals surface area contributed by atoms with Crippen molar-refractivity contribution in [2.75, 3.05) is 0 Å². The monoisotopic (exact) mass is 444 g/mol. The van der Waals surface area contributed by atoms with Gasteiger partial charge in [0.2, 0.25) is 11.8 Å². The van der Waals surface area contributed by atoms with Crippen molar-refractivity contribution in [1.82, 2.24) is 15.5 Å². The molecule has 1 saturated heterocycles. The number of alkyl halides is 2. The van der Waals surface area contributed by atoms with Gasteiger partial charge in [-0.15, -0.1) is 0 Å². The Morgan fingerprint density at radius 3 is 2.78 bits per heavy atom. The molecule has 0 bridgehead atoms. The summed E-state index contributed by atoms with van der Waals surface area (Å²) in [5.74, 6) is -6.57. The number of piperidine rings is 1. The van der Waals surface area contributed by atoms with Gasteiger partial charge in [0.1, 0.15) is 11.7 Å². The number of carbonyl (C=O) groups excluding carboxylic acids is 4. The SMILES string of the molecule is C=C/C=N\C(=C/C)C(F)(F)C(=O)NCc1ccc2c(c1)CN(C1CCC(=O)NC1=O)C2=O. The maximum absolute atomic E-state index is 14.4. The van der Waals surface area contributed by atoms with E-state index < -0.39 is 29.5 Å². The van der Waals surface area contributed by atoms with E-state index in [2.05, 4.69) is 22.2 Å². The van der Waals surface area contributed by atoms with Crippen LogP contribution >= 0.6 is 0 Å². The van der Waals surface area contributed by atoms with Crippen LogP contribution in [0.5, 0.6) is 0 Å². The van der Waals surface area contributed by atoms with Crippen LogP contribution in [-0.2, 0) is 27.5 Å². The lowest BCUT2D eigenvalue weighted by molar-refractivity contribution is -0.141. The molecule has 0 spiro atoms. The third kappa shape index (κ3) is 4.48. The molecule has 2 aliphatic rings. The summed E-state index contributed by atoms with van der Waals surface area (Å²) in [4.78, 5) is 53.1. The van der Waals surface area contributed by atoms with E-state index in [0.29, 0.717) is 16.7 Å². The molecule has 2 aliphatic heterocycles. The van der Waals surface area contributed by atoms with Crippen molar-refractivity contribution in [3.05, 3.63) is 59.3 Å². The minimum atomic E-state index is -3.83. The van der Waals surface area contributed by atoms with Gasteiger partial charge in [0.25, 0.3) is 11.8 Å². The molecule has 1 aromatic carbocycles. The van der Waals surface area contributed by atoms with E-state index in [-0.39, 0.29) is 37.7 Å². The average molecular weight is 444 g/mol. The zero-order valence-corrected chi connectivity index (χ0v) is 17.4. The first-order chi connectivity index (χ1) is 15.2. The van der Waals surface area contributed by atoms with E-state index in [4.69, 9.17) is 0 Å². The molecule has 1 fully saturated rings. The molecule has 1 aromatic rings. The second-order valence-electron chi connectivity index (χ2n) is 7.34. The number of amides is 4. The molecule has 0 aromatic heterocycles. The molecule has 0 saturated carbocycles. The molecule has 168 valence electrons. The first-order valence-electron chi connectivity index (χ1n) is 9.93. The fourth-order valence-corrected chi connectivity index (χ4v) is 3.62. The van der Waals surface area contributed by atoms with Gasteiger partial charge in [-0.2, -0.15) is 8.78 Å². The van der Waals surface area contributed by atoms with Crippen molar-refractivity contribution in [3.8, 4) is 0 Å². The van der Waals surface area contributed by atoms with E-state index in [9.17, 15) is 28.0 Å². The highest BCUT2D eigenvalue weighted by Gasteiger charge is 2.43. The molecule has 10 heteroatoms. The number of allylic oxidation sites excluding steroid dienone is 2. The number of nitrogens with zero attached hydrogens (tertiary/aromatic N) is 2. The van der Waals surface area contributed by atoms with Crippen molar-refractivity contribution in [1.29, 1.82) is 0 Å². The molecule has 1 unspecified atom stereocenters. The number of benzene rings is 1. The Balaban J connectivity index is 1.68. The molecule has 2 N–H and O–H groups in total. The van der Waals surface area contributed by atoms with Crippen LogP contribution in [0.15, 0.2) is 47.6 Å². The Kier molecular flexibility index (Phi) is 6.61. The third-order valence-electron chi connectivity index (χ3n) is 5.24. The number of hydrogen-bond donors (Lipinski definition) is 2. The molecular formula is C22H22F2N4O4. The summed E-state index contributed by atoms with van der Waals surface area (Å²) in [6.45, 7) is 4.68. The van der Waals surface area contributed by atoms with E-state index in [1.807, 2.05) is 0 Å². The standard InChI is InChI=1S/C22H22F2N4O4/c1-3-9-25-17(4-2)22(23,24)21(32)26-11-13-5-6-15-14(10-13)12-28(20(15)31)16-7-8-18(29)27-19(16)30/h3-6,9-10,16H,1,7-8,11-12H2,2H3,(H,26,32)(H,27,29,30)/b17-4-,25-9-. The van der Waals surface area contributed by atoms with Crippen LogP contribution in [-0.4, -0.2) is 46.7 Å². The van der Waals surface area contributed by atoms with Crippen LogP contribution in [0.1, 0.15) is 41.3 Å². The van der Waals surface area contributed by atoms with Crippen molar-refractivity contribution < 1.29 is 28.0 Å². The quantitative estimate of drug-likeness (QED) is 0.494. The van der Waals surface area contributed by atoms with Crippen LogP contribution in [0.25, 0.3) is 0 Å². The number of aliphatic imine (C=N–C) groups is 1. The van der Waals surface area contributed by atoms with Gasteiger partial charge < -0.3 is 10.2 Å². The lowest BCUT2D eigenvalue weighted by atomic mass is 10.0. The number of fused-ring (bicyclic) bond motifs is 1. The number of imide groups is 1. The number of carbonyl (C=O) groups is 4. The van der Waals surface area contributed by atoms with Crippen LogP contribution in [0.3, 0.4) is 0 Å². The summed E-state index contributed by atoms with van der Waals surface area (Å²) in [6.07, 6.45) is 3.73. The van der Waals surface area contributed by atoms with Crippen LogP contribution in [0.2, 0.25) is 0 Å². The predicted octanol–water partition coefficient (Wildman–Crippen LogP) is 1.86. The summed E-state index contributed by atoms with van der Waals surface area (Å²) in [5.41, 5.74) is 0.824. The van der Waals surface area contributed by atoms with Crippen LogP contribution in [0.4, 0.5) is 8.78 Å². The number of hydrogen-bond acceptors (Lipinski definition) is 5. The minimum Gasteiger partial charge on any atom is -0.346 e. The van der Waals surface area contributed by atoms with E-state index >= 15 is 0 Å². The van der Waals surface area contributed by atoms with Gasteiger partial charge in [-0.25, -0.2) is 0 Å². The normalized spacial score (nSPS) is 19.2. The molecule has 0 radical (unpaired) electrons. The van der Waals surface area contributed by atoms with Gasteiger partial charge in [-0.3, -0.25) is 29.5 Å². The summed E-state index contributed by atoms with van der Waals surface area (Å²) in [5, 5.41) is 4.42. The average Bonchev–Trinajstić information content (AvgIpc) is 3.08. The Bertz CT molecular complexity index is 1050. The molecule has 4 amide bonds. The summed E-state index contributed by atoms with van der Waals surface area (Å²) in [7, 11) is 0. The maximum atomic E-state index is 14.4. The first kappa shape index (κ1) is 23.0. The van der Waals surface area contributed by atoms with Crippen molar-refractivity contribution in [3.63, 3.8) is 0 Å². The Labute approximate surface area is 183 Å². The third-order valence-corrected chi connectivity index (χ3v) is 5.24. The summed E-state index contributed by atoms with van der Waals surface area (Å²) in [6, 6.07) is 3.97. The van der Waals surface area contributed by atoms with Crippen molar-refractivity contribution in [2.45, 2.75) is 44.8 Å². The molecule has 8 nitrogen and oxygen atoms in total. The highest BCUT2D eigenvalue weighted by Crippen LogP contribution is 2.29. The molecule has 1 atom stereocenters. The van der Waals surface area contributed by atoms with Gasteiger partial charge in [-0.05, 0) is 30.5 Å². The minimum absolute atomic E-state index is 0.146. The van der Waals surface area contributed by atoms with Crippen molar-refractivity contribution >= 4 is 29.8 Å². The van der Waals surface area contributed by atoms with E-state index in [0.717, 1.165) is 12.3 Å². The maximum Gasteiger partial charge on any atom is 0.365 e. The molecule has 2 heterocycles. The topological polar surface area (TPSA) is 108 Å². The fourth-order valence-electron chi connectivity index (χ4n) is 3.62. The Morgan fingerprint density at radius 2 is 2.12 bits per heavy atom. The number of nitrogens with one attached hydrogen (secondary N) is 2. The second kappa shape index (κ2) is 9.21. The van der Waals surface area contributed by atoms with E-state index in [1.54, 1.807) is 12.1 Å². The smallest absolute Gasteiger partial charge is 0.346 e. The highest BCUT2D eigenvalue weighted by molar-refractivity contribution is 6.05. The molecule has 32 heavy (non-hydrogen) atoms. The second-order valence-corrected chi connectivity index (χ2v) is 7.34. The van der Waals surface area contributed by atoms with Crippen molar-refractivity contribution in [2.24, 2.45) is 4.99 Å². The van der Waals surface area contributed by atoms with Crippen LogP contribution in [0, 0.1) is 0 Å². The van der Waals surface area contributed by atoms with Gasteiger partial charge in [-0.1, -0.05) is 30.9 Å². The van der Waals surface area contributed by atoms with Gasteiger partial charge in [0.05, 0.1) is 0 Å². The highest BCUT2D eigenvalue weighted by atomic mass is 19.3. The summed E-state index contributed by atoms with van der Waals surface area (Å²) < 4.78 is 28.7. The lowest BCUT2D eigenvalue weighted by Gasteiger charge is -2.29. The fraction of sp³-hybridized carbons (Fsp3) is 0.318. The summed E-state index contributed by atoms with van der Waals surface area (Å²) >= 11 is 0. The molecule has 3 rings (SSSR count). The lowest BCUT2D eigenvalue weighted by Crippen LogP contribution is -2.52. The van der Waals surface area contributed by atoms with Gasteiger partial charge in [0.15, 0.2) is 0 Å². The molecule has 0 aliphatic carbocycles. The number of rotatable bonds is 7.